The fourth-order valence-corrected chi connectivity index (χ4v) is 4.15. The van der Waals surface area contributed by atoms with Gasteiger partial charge in [-0.3, -0.25) is 14.5 Å². The van der Waals surface area contributed by atoms with Gasteiger partial charge in [0.25, 0.3) is 5.91 Å². The molecule has 1 aromatic rings. The first-order valence-electron chi connectivity index (χ1n) is 9.46. The Bertz CT molecular complexity index is 716. The topological polar surface area (TPSA) is 67.9 Å². The Morgan fingerprint density at radius 2 is 1.96 bits per heavy atom. The summed E-state index contributed by atoms with van der Waals surface area (Å²) in [6.07, 6.45) is 1.04. The van der Waals surface area contributed by atoms with Crippen molar-refractivity contribution in [3.05, 3.63) is 23.8 Å². The molecule has 2 saturated heterocycles. The molecular weight excluding hydrogens is 330 g/mol. The molecule has 3 aliphatic rings. The summed E-state index contributed by atoms with van der Waals surface area (Å²) in [5.41, 5.74) is 2.32. The number of likely N-dealkylation sites (N-methyl/N-ethyl adjacent to an activating group) is 1. The second kappa shape index (κ2) is 6.89. The van der Waals surface area contributed by atoms with Gasteiger partial charge < -0.3 is 20.4 Å². The summed E-state index contributed by atoms with van der Waals surface area (Å²) in [6, 6.07) is 5.88. The van der Waals surface area contributed by atoms with Crippen LogP contribution in [0.15, 0.2) is 18.2 Å². The van der Waals surface area contributed by atoms with Crippen LogP contribution in [0.25, 0.3) is 0 Å². The molecule has 0 spiro atoms. The van der Waals surface area contributed by atoms with Gasteiger partial charge in [-0.05, 0) is 31.5 Å². The number of nitrogens with one attached hydrogen (secondary N) is 2. The van der Waals surface area contributed by atoms with Crippen molar-refractivity contribution in [1.82, 2.24) is 15.1 Å². The van der Waals surface area contributed by atoms with Gasteiger partial charge in [-0.25, -0.2) is 0 Å². The third-order valence-electron chi connectivity index (χ3n) is 5.96. The molecule has 2 atom stereocenters. The standard InChI is InChI=1S/C19H27N5O2/c1-13-18(25)21-16-11-14(3-4-17(16)22(13)2)19(26)24-8-5-15(12-24)23-9-6-20-7-10-23/h3-4,11,13,15,20H,5-10,12H2,1-2H3,(H,21,25). The van der Waals surface area contributed by atoms with E-state index in [9.17, 15) is 9.59 Å². The van der Waals surface area contributed by atoms with Crippen molar-refractivity contribution in [3.63, 3.8) is 0 Å². The fourth-order valence-electron chi connectivity index (χ4n) is 4.15. The first-order chi connectivity index (χ1) is 12.5. The molecule has 3 heterocycles. The molecule has 0 saturated carbocycles. The Labute approximate surface area is 154 Å². The van der Waals surface area contributed by atoms with Crippen LogP contribution in [-0.4, -0.2) is 80.0 Å². The molecule has 0 bridgehead atoms. The van der Waals surface area contributed by atoms with Gasteiger partial charge >= 0.3 is 0 Å². The third-order valence-corrected chi connectivity index (χ3v) is 5.96. The lowest BCUT2D eigenvalue weighted by Crippen LogP contribution is -2.49. The van der Waals surface area contributed by atoms with E-state index in [1.54, 1.807) is 0 Å². The smallest absolute Gasteiger partial charge is 0.253 e. The Kier molecular flexibility index (Phi) is 4.58. The number of amides is 2. The monoisotopic (exact) mass is 357 g/mol. The van der Waals surface area contributed by atoms with Crippen LogP contribution in [0, 0.1) is 0 Å². The van der Waals surface area contributed by atoms with Crippen molar-refractivity contribution in [3.8, 4) is 0 Å². The first kappa shape index (κ1) is 17.3. The lowest BCUT2D eigenvalue weighted by atomic mass is 10.1. The molecule has 0 aromatic heterocycles. The van der Waals surface area contributed by atoms with E-state index < -0.39 is 0 Å². The highest BCUT2D eigenvalue weighted by atomic mass is 16.2. The molecule has 26 heavy (non-hydrogen) atoms. The number of fused-ring (bicyclic) bond motifs is 1. The average molecular weight is 357 g/mol. The number of anilines is 2. The maximum atomic E-state index is 13.0. The van der Waals surface area contributed by atoms with Crippen LogP contribution in [0.4, 0.5) is 11.4 Å². The molecule has 2 fully saturated rings. The molecule has 4 rings (SSSR count). The predicted octanol–water partition coefficient (Wildman–Crippen LogP) is 0.583. The lowest BCUT2D eigenvalue weighted by Gasteiger charge is -2.33. The molecule has 7 nitrogen and oxygen atoms in total. The maximum absolute atomic E-state index is 13.0. The highest BCUT2D eigenvalue weighted by molar-refractivity contribution is 6.05. The summed E-state index contributed by atoms with van der Waals surface area (Å²) in [5, 5.41) is 6.30. The zero-order chi connectivity index (χ0) is 18.3. The molecule has 7 heteroatoms. The van der Waals surface area contributed by atoms with E-state index >= 15 is 0 Å². The van der Waals surface area contributed by atoms with E-state index in [4.69, 9.17) is 0 Å². The molecule has 2 amide bonds. The summed E-state index contributed by atoms with van der Waals surface area (Å²) in [7, 11) is 1.91. The number of hydrogen-bond acceptors (Lipinski definition) is 5. The molecular formula is C19H27N5O2. The second-order valence-electron chi connectivity index (χ2n) is 7.49. The van der Waals surface area contributed by atoms with Gasteiger partial charge in [-0.15, -0.1) is 0 Å². The largest absolute Gasteiger partial charge is 0.361 e. The fraction of sp³-hybridized carbons (Fsp3) is 0.579. The van der Waals surface area contributed by atoms with E-state index in [1.165, 1.54) is 0 Å². The van der Waals surface area contributed by atoms with Gasteiger partial charge in [0, 0.05) is 57.9 Å². The highest BCUT2D eigenvalue weighted by Crippen LogP contribution is 2.32. The first-order valence-corrected chi connectivity index (χ1v) is 9.46. The van der Waals surface area contributed by atoms with Crippen molar-refractivity contribution >= 4 is 23.2 Å². The van der Waals surface area contributed by atoms with Crippen LogP contribution in [0.1, 0.15) is 23.7 Å². The quantitative estimate of drug-likeness (QED) is 0.811. The van der Waals surface area contributed by atoms with Gasteiger partial charge in [0.1, 0.15) is 6.04 Å². The summed E-state index contributed by atoms with van der Waals surface area (Å²) in [4.78, 5) is 31.4. The zero-order valence-corrected chi connectivity index (χ0v) is 15.5. The SMILES string of the molecule is CC1C(=O)Nc2cc(C(=O)N3CCC(N4CCNCC4)C3)ccc2N1C. The number of rotatable bonds is 2. The van der Waals surface area contributed by atoms with Crippen molar-refractivity contribution in [2.75, 3.05) is 56.5 Å². The number of carbonyl (C=O) groups is 2. The van der Waals surface area contributed by atoms with Crippen LogP contribution in [0.2, 0.25) is 0 Å². The minimum Gasteiger partial charge on any atom is -0.361 e. The van der Waals surface area contributed by atoms with Crippen LogP contribution >= 0.6 is 0 Å². The van der Waals surface area contributed by atoms with Crippen molar-refractivity contribution in [2.45, 2.75) is 25.4 Å². The summed E-state index contributed by atoms with van der Waals surface area (Å²) in [5.74, 6) is 0.0190. The molecule has 2 N–H and O–H groups in total. The minimum absolute atomic E-state index is 0.0375. The van der Waals surface area contributed by atoms with E-state index in [0.29, 0.717) is 11.6 Å². The van der Waals surface area contributed by atoms with Crippen molar-refractivity contribution in [2.24, 2.45) is 0 Å². The van der Waals surface area contributed by atoms with Gasteiger partial charge in [0.15, 0.2) is 0 Å². The van der Waals surface area contributed by atoms with E-state index in [0.717, 1.165) is 57.1 Å². The van der Waals surface area contributed by atoms with Gasteiger partial charge in [0.2, 0.25) is 5.91 Å². The van der Waals surface area contributed by atoms with Crippen LogP contribution in [0.5, 0.6) is 0 Å². The van der Waals surface area contributed by atoms with Crippen LogP contribution < -0.4 is 15.5 Å². The molecule has 3 aliphatic heterocycles. The Balaban J connectivity index is 1.47. The number of hydrogen-bond donors (Lipinski definition) is 2. The molecule has 2 unspecified atom stereocenters. The van der Waals surface area contributed by atoms with E-state index in [-0.39, 0.29) is 17.9 Å². The predicted molar refractivity (Wildman–Crippen MR) is 102 cm³/mol. The zero-order valence-electron chi connectivity index (χ0n) is 15.5. The average Bonchev–Trinajstić information content (AvgIpc) is 3.16. The van der Waals surface area contributed by atoms with Crippen molar-refractivity contribution < 1.29 is 9.59 Å². The number of benzene rings is 1. The molecule has 0 radical (unpaired) electrons. The molecule has 0 aliphatic carbocycles. The minimum atomic E-state index is -0.206. The van der Waals surface area contributed by atoms with Crippen LogP contribution in [-0.2, 0) is 4.79 Å². The third kappa shape index (κ3) is 3.05. The normalized spacial score (nSPS) is 26.6. The molecule has 1 aromatic carbocycles. The Morgan fingerprint density at radius 1 is 1.19 bits per heavy atom. The summed E-state index contributed by atoms with van der Waals surface area (Å²) >= 11 is 0. The number of carbonyl (C=O) groups excluding carboxylic acids is 2. The van der Waals surface area contributed by atoms with Crippen molar-refractivity contribution in [1.29, 1.82) is 0 Å². The lowest BCUT2D eigenvalue weighted by molar-refractivity contribution is -0.117. The van der Waals surface area contributed by atoms with E-state index in [2.05, 4.69) is 15.5 Å². The summed E-state index contributed by atoms with van der Waals surface area (Å²) in [6.45, 7) is 7.64. The maximum Gasteiger partial charge on any atom is 0.253 e. The number of likely N-dealkylation sites (tertiary alicyclic amines) is 1. The summed E-state index contributed by atoms with van der Waals surface area (Å²) < 4.78 is 0. The number of piperazine rings is 1. The van der Waals surface area contributed by atoms with Gasteiger partial charge in [-0.2, -0.15) is 0 Å². The Hall–Kier alpha value is -2.12. The van der Waals surface area contributed by atoms with Crippen LogP contribution in [0.3, 0.4) is 0 Å². The van der Waals surface area contributed by atoms with E-state index in [1.807, 2.05) is 42.0 Å². The number of nitrogens with zero attached hydrogens (tertiary/aromatic N) is 3. The highest BCUT2D eigenvalue weighted by Gasteiger charge is 2.32. The molecule has 140 valence electrons. The van der Waals surface area contributed by atoms with Gasteiger partial charge in [0.05, 0.1) is 11.4 Å². The second-order valence-corrected chi connectivity index (χ2v) is 7.49. The Morgan fingerprint density at radius 3 is 2.73 bits per heavy atom. The van der Waals surface area contributed by atoms with Gasteiger partial charge in [-0.1, -0.05) is 0 Å².